The first-order valence-corrected chi connectivity index (χ1v) is 11.3. The van der Waals surface area contributed by atoms with Crippen molar-refractivity contribution in [2.24, 2.45) is 16.5 Å². The van der Waals surface area contributed by atoms with Crippen LogP contribution in [-0.2, 0) is 15.8 Å². The van der Waals surface area contributed by atoms with Crippen LogP contribution in [0, 0.1) is 11.3 Å². The summed E-state index contributed by atoms with van der Waals surface area (Å²) >= 11 is 0. The number of nitrogens with zero attached hydrogens (tertiary/aromatic N) is 4. The zero-order valence-electron chi connectivity index (χ0n) is 18.9. The van der Waals surface area contributed by atoms with E-state index in [-0.39, 0.29) is 22.7 Å². The molecule has 0 radical (unpaired) electrons. The number of piperazine rings is 1. The van der Waals surface area contributed by atoms with Gasteiger partial charge >= 0.3 is 6.18 Å². The molecular weight excluding hydrogens is 421 g/mol. The third kappa shape index (κ3) is 4.57. The Morgan fingerprint density at radius 3 is 2.38 bits per heavy atom. The standard InChI is InChI=1S/C23H31F3N4O2/c1-21(2,3)16-6-8-22(9-7-16)15-18(28-32-22)20(31)30-13-11-29(12-14-30)19-17(23(24,25)26)5-4-10-27-19/h4-5,10,16H,6-9,11-15H2,1-3H3. The molecule has 0 N–H and O–H groups in total. The average Bonchev–Trinajstić information content (AvgIpc) is 3.16. The van der Waals surface area contributed by atoms with Crippen LogP contribution in [0.1, 0.15) is 58.4 Å². The van der Waals surface area contributed by atoms with Crippen molar-refractivity contribution in [3.63, 3.8) is 0 Å². The van der Waals surface area contributed by atoms with Gasteiger partial charge in [0.25, 0.3) is 5.91 Å². The molecule has 1 saturated carbocycles. The first kappa shape index (κ1) is 22.9. The predicted molar refractivity (Wildman–Crippen MR) is 115 cm³/mol. The Morgan fingerprint density at radius 1 is 1.12 bits per heavy atom. The van der Waals surface area contributed by atoms with Crippen molar-refractivity contribution in [3.05, 3.63) is 23.9 Å². The zero-order chi connectivity index (χ0) is 23.1. The van der Waals surface area contributed by atoms with Crippen molar-refractivity contribution in [1.82, 2.24) is 9.88 Å². The first-order valence-electron chi connectivity index (χ1n) is 11.3. The molecule has 176 valence electrons. The molecule has 0 bridgehead atoms. The summed E-state index contributed by atoms with van der Waals surface area (Å²) in [6.07, 6.45) is 1.32. The van der Waals surface area contributed by atoms with Gasteiger partial charge < -0.3 is 14.6 Å². The van der Waals surface area contributed by atoms with E-state index in [1.165, 1.54) is 12.3 Å². The third-order valence-electron chi connectivity index (χ3n) is 7.17. The second-order valence-electron chi connectivity index (χ2n) is 10.3. The summed E-state index contributed by atoms with van der Waals surface area (Å²) in [5.74, 6) is 0.387. The molecule has 1 saturated heterocycles. The van der Waals surface area contributed by atoms with Crippen LogP contribution in [0.5, 0.6) is 0 Å². The number of halogens is 3. The smallest absolute Gasteiger partial charge is 0.388 e. The number of amides is 1. The second-order valence-corrected chi connectivity index (χ2v) is 10.3. The second kappa shape index (κ2) is 8.23. The summed E-state index contributed by atoms with van der Waals surface area (Å²) in [7, 11) is 0. The van der Waals surface area contributed by atoms with Gasteiger partial charge in [-0.15, -0.1) is 0 Å². The molecule has 3 heterocycles. The minimum Gasteiger partial charge on any atom is -0.388 e. The monoisotopic (exact) mass is 452 g/mol. The first-order chi connectivity index (χ1) is 15.0. The van der Waals surface area contributed by atoms with E-state index < -0.39 is 11.7 Å². The maximum Gasteiger partial charge on any atom is 0.419 e. The third-order valence-corrected chi connectivity index (χ3v) is 7.17. The van der Waals surface area contributed by atoms with Gasteiger partial charge in [-0.1, -0.05) is 25.9 Å². The maximum absolute atomic E-state index is 13.3. The predicted octanol–water partition coefficient (Wildman–Crippen LogP) is 4.50. The van der Waals surface area contributed by atoms with Crippen LogP contribution in [0.2, 0.25) is 0 Å². The molecule has 1 aromatic heterocycles. The number of aromatic nitrogens is 1. The van der Waals surface area contributed by atoms with E-state index in [0.29, 0.717) is 44.2 Å². The van der Waals surface area contributed by atoms with Gasteiger partial charge in [0.2, 0.25) is 0 Å². The van der Waals surface area contributed by atoms with Gasteiger partial charge in [-0.3, -0.25) is 4.79 Å². The molecule has 6 nitrogen and oxygen atoms in total. The number of carbonyl (C=O) groups excluding carboxylic acids is 1. The van der Waals surface area contributed by atoms with Gasteiger partial charge in [0.05, 0.1) is 5.56 Å². The highest BCUT2D eigenvalue weighted by Crippen LogP contribution is 2.46. The zero-order valence-corrected chi connectivity index (χ0v) is 18.9. The minimum absolute atomic E-state index is 0.0804. The molecule has 0 aromatic carbocycles. The van der Waals surface area contributed by atoms with Crippen LogP contribution < -0.4 is 4.90 Å². The van der Waals surface area contributed by atoms with Crippen LogP contribution in [0.25, 0.3) is 0 Å². The van der Waals surface area contributed by atoms with Crippen LogP contribution in [0.15, 0.2) is 23.5 Å². The van der Waals surface area contributed by atoms with E-state index in [9.17, 15) is 18.0 Å². The Kier molecular flexibility index (Phi) is 5.88. The van der Waals surface area contributed by atoms with Gasteiger partial charge in [0.15, 0.2) is 0 Å². The van der Waals surface area contributed by atoms with Crippen molar-refractivity contribution in [3.8, 4) is 0 Å². The Labute approximate surface area is 186 Å². The van der Waals surface area contributed by atoms with E-state index in [1.54, 1.807) is 9.80 Å². The maximum atomic E-state index is 13.3. The van der Waals surface area contributed by atoms with Gasteiger partial charge in [-0.25, -0.2) is 4.98 Å². The Bertz CT molecular complexity index is 878. The number of oxime groups is 1. The summed E-state index contributed by atoms with van der Waals surface area (Å²) in [6.45, 7) is 8.02. The van der Waals surface area contributed by atoms with Crippen molar-refractivity contribution >= 4 is 17.4 Å². The fourth-order valence-corrected chi connectivity index (χ4v) is 5.09. The molecule has 2 aliphatic heterocycles. The van der Waals surface area contributed by atoms with Crippen molar-refractivity contribution in [2.75, 3.05) is 31.1 Å². The fraction of sp³-hybridized carbons (Fsp3) is 0.696. The lowest BCUT2D eigenvalue weighted by molar-refractivity contribution is -0.137. The fourth-order valence-electron chi connectivity index (χ4n) is 5.09. The van der Waals surface area contributed by atoms with E-state index in [2.05, 4.69) is 30.9 Å². The summed E-state index contributed by atoms with van der Waals surface area (Å²) in [5, 5.41) is 4.15. The van der Waals surface area contributed by atoms with E-state index in [1.807, 2.05) is 0 Å². The molecule has 1 aliphatic carbocycles. The van der Waals surface area contributed by atoms with Crippen molar-refractivity contribution < 1.29 is 22.8 Å². The molecule has 1 aromatic rings. The van der Waals surface area contributed by atoms with Crippen LogP contribution in [0.4, 0.5) is 19.0 Å². The van der Waals surface area contributed by atoms with E-state index >= 15 is 0 Å². The van der Waals surface area contributed by atoms with Crippen molar-refractivity contribution in [1.29, 1.82) is 0 Å². The SMILES string of the molecule is CC(C)(C)C1CCC2(CC1)CC(C(=O)N1CCN(c3ncccc3C(F)(F)F)CC1)=NO2. The van der Waals surface area contributed by atoms with Gasteiger partial charge in [0, 0.05) is 38.8 Å². The molecule has 2 fully saturated rings. The van der Waals surface area contributed by atoms with Gasteiger partial charge in [-0.05, 0) is 49.1 Å². The molecule has 0 atom stereocenters. The highest BCUT2D eigenvalue weighted by Gasteiger charge is 2.46. The highest BCUT2D eigenvalue weighted by molar-refractivity contribution is 6.39. The number of pyridine rings is 1. The topological polar surface area (TPSA) is 58.0 Å². The summed E-state index contributed by atoms with van der Waals surface area (Å²) in [6, 6.07) is 2.33. The molecule has 1 spiro atoms. The number of alkyl halides is 3. The van der Waals surface area contributed by atoms with Crippen LogP contribution >= 0.6 is 0 Å². The number of hydrogen-bond acceptors (Lipinski definition) is 5. The average molecular weight is 453 g/mol. The summed E-state index contributed by atoms with van der Waals surface area (Å²) in [5.41, 5.74) is -0.425. The number of hydrogen-bond donors (Lipinski definition) is 0. The van der Waals surface area contributed by atoms with Crippen LogP contribution in [-0.4, -0.2) is 53.3 Å². The Hall–Kier alpha value is -2.32. The number of rotatable bonds is 2. The summed E-state index contributed by atoms with van der Waals surface area (Å²) in [4.78, 5) is 26.0. The number of anilines is 1. The normalized spacial score (nSPS) is 26.8. The summed E-state index contributed by atoms with van der Waals surface area (Å²) < 4.78 is 39.9. The quantitative estimate of drug-likeness (QED) is 0.663. The van der Waals surface area contributed by atoms with E-state index in [0.717, 1.165) is 31.7 Å². The molecule has 32 heavy (non-hydrogen) atoms. The van der Waals surface area contributed by atoms with E-state index in [4.69, 9.17) is 4.84 Å². The molecule has 0 unspecified atom stereocenters. The van der Waals surface area contributed by atoms with Gasteiger partial charge in [0.1, 0.15) is 17.1 Å². The Balaban J connectivity index is 1.34. The lowest BCUT2D eigenvalue weighted by atomic mass is 9.67. The lowest BCUT2D eigenvalue weighted by Crippen LogP contribution is -2.51. The van der Waals surface area contributed by atoms with Gasteiger partial charge in [-0.2, -0.15) is 13.2 Å². The largest absolute Gasteiger partial charge is 0.419 e. The molecular formula is C23H31F3N4O2. The van der Waals surface area contributed by atoms with Crippen LogP contribution in [0.3, 0.4) is 0 Å². The highest BCUT2D eigenvalue weighted by atomic mass is 19.4. The Morgan fingerprint density at radius 2 is 1.78 bits per heavy atom. The van der Waals surface area contributed by atoms with Crippen molar-refractivity contribution in [2.45, 2.75) is 64.7 Å². The minimum atomic E-state index is -4.47. The lowest BCUT2D eigenvalue weighted by Gasteiger charge is -2.40. The molecule has 1 amide bonds. The molecule has 4 rings (SSSR count). The molecule has 9 heteroatoms. The molecule has 3 aliphatic rings. The number of carbonyl (C=O) groups is 1.